The van der Waals surface area contributed by atoms with Crippen LogP contribution in [0.1, 0.15) is 29.3 Å². The lowest BCUT2D eigenvalue weighted by atomic mass is 9.63. The van der Waals surface area contributed by atoms with Crippen molar-refractivity contribution in [2.24, 2.45) is 35.5 Å². The van der Waals surface area contributed by atoms with Crippen molar-refractivity contribution in [2.75, 3.05) is 11.6 Å². The summed E-state index contributed by atoms with van der Waals surface area (Å²) >= 11 is 6.34. The summed E-state index contributed by atoms with van der Waals surface area (Å²) < 4.78 is 0. The van der Waals surface area contributed by atoms with Gasteiger partial charge in [0.05, 0.1) is 22.4 Å². The van der Waals surface area contributed by atoms with E-state index in [1.165, 1.54) is 9.80 Å². The molecule has 3 fully saturated rings. The summed E-state index contributed by atoms with van der Waals surface area (Å²) in [6, 6.07) is 14.5. The Balaban J connectivity index is 1.35. The van der Waals surface area contributed by atoms with Gasteiger partial charge in [-0.15, -0.1) is 0 Å². The van der Waals surface area contributed by atoms with Crippen LogP contribution >= 0.6 is 11.6 Å². The van der Waals surface area contributed by atoms with Crippen molar-refractivity contribution in [3.05, 3.63) is 76.8 Å². The minimum Gasteiger partial charge on any atom is -0.290 e. The second kappa shape index (κ2) is 7.56. The van der Waals surface area contributed by atoms with Crippen LogP contribution in [0.25, 0.3) is 0 Å². The standard InChI is InChI=1S/C27H25ClN2O3/c1-2-15-7-9-16(10-8-15)29(25(31)19-5-3-4-6-22(19)28)14-30-26(32)23-17-11-12-18(21-13-20(17)21)24(23)27(30)33/h3-12,17-18,20-21,23-24H,2,13-14H2,1H3/t17-,18+,20-,21-,23+,24+/m1/s1. The molecule has 33 heavy (non-hydrogen) atoms. The molecule has 2 aromatic rings. The maximum absolute atomic E-state index is 13.6. The molecule has 0 radical (unpaired) electrons. The van der Waals surface area contributed by atoms with Crippen molar-refractivity contribution in [3.8, 4) is 0 Å². The van der Waals surface area contributed by atoms with Gasteiger partial charge in [0.1, 0.15) is 6.67 Å². The third kappa shape index (κ3) is 3.09. The number of benzene rings is 2. The van der Waals surface area contributed by atoms with E-state index < -0.39 is 0 Å². The lowest BCUT2D eigenvalue weighted by molar-refractivity contribution is -0.140. The quantitative estimate of drug-likeness (QED) is 0.485. The van der Waals surface area contributed by atoms with Gasteiger partial charge in [-0.2, -0.15) is 0 Å². The Morgan fingerprint density at radius 3 is 2.15 bits per heavy atom. The Morgan fingerprint density at radius 2 is 1.58 bits per heavy atom. The monoisotopic (exact) mass is 460 g/mol. The molecule has 7 rings (SSSR count). The molecule has 6 heteroatoms. The van der Waals surface area contributed by atoms with E-state index >= 15 is 0 Å². The maximum atomic E-state index is 13.6. The molecule has 2 aromatic carbocycles. The number of likely N-dealkylation sites (tertiary alicyclic amines) is 1. The maximum Gasteiger partial charge on any atom is 0.261 e. The first kappa shape index (κ1) is 20.7. The number of hydrogen-bond acceptors (Lipinski definition) is 3. The van der Waals surface area contributed by atoms with Crippen LogP contribution in [-0.2, 0) is 16.0 Å². The highest BCUT2D eigenvalue weighted by atomic mass is 35.5. The smallest absolute Gasteiger partial charge is 0.261 e. The molecule has 5 nitrogen and oxygen atoms in total. The second-order valence-electron chi connectivity index (χ2n) is 9.63. The van der Waals surface area contributed by atoms with Crippen molar-refractivity contribution in [3.63, 3.8) is 0 Å². The van der Waals surface area contributed by atoms with Crippen LogP contribution < -0.4 is 4.90 Å². The van der Waals surface area contributed by atoms with Gasteiger partial charge in [-0.05, 0) is 66.3 Å². The zero-order valence-electron chi connectivity index (χ0n) is 18.4. The summed E-state index contributed by atoms with van der Waals surface area (Å²) in [5, 5.41) is 0.341. The van der Waals surface area contributed by atoms with Crippen molar-refractivity contribution in [2.45, 2.75) is 19.8 Å². The fraction of sp³-hybridized carbons (Fsp3) is 0.370. The largest absolute Gasteiger partial charge is 0.290 e. The molecule has 2 saturated carbocycles. The van der Waals surface area contributed by atoms with Crippen molar-refractivity contribution in [1.82, 2.24) is 4.90 Å². The lowest BCUT2D eigenvalue weighted by Gasteiger charge is -2.37. The predicted molar refractivity (Wildman–Crippen MR) is 125 cm³/mol. The first-order valence-corrected chi connectivity index (χ1v) is 12.1. The highest BCUT2D eigenvalue weighted by molar-refractivity contribution is 6.34. The van der Waals surface area contributed by atoms with Crippen molar-refractivity contribution < 1.29 is 14.4 Å². The van der Waals surface area contributed by atoms with Crippen LogP contribution in [0.3, 0.4) is 0 Å². The normalized spacial score (nSPS) is 30.9. The molecule has 4 aliphatic carbocycles. The number of hydrogen-bond donors (Lipinski definition) is 0. The number of anilines is 1. The van der Waals surface area contributed by atoms with Gasteiger partial charge in [-0.25, -0.2) is 0 Å². The van der Waals surface area contributed by atoms with Gasteiger partial charge in [0.2, 0.25) is 11.8 Å². The molecule has 0 aromatic heterocycles. The van der Waals surface area contributed by atoms with Crippen molar-refractivity contribution >= 4 is 35.0 Å². The first-order valence-electron chi connectivity index (χ1n) is 11.7. The average molecular weight is 461 g/mol. The second-order valence-corrected chi connectivity index (χ2v) is 10.0. The van der Waals surface area contributed by atoms with Gasteiger partial charge in [-0.1, -0.05) is 54.9 Å². The van der Waals surface area contributed by atoms with Gasteiger partial charge in [0.25, 0.3) is 5.91 Å². The van der Waals surface area contributed by atoms with Crippen LogP contribution in [0.2, 0.25) is 5.02 Å². The zero-order valence-corrected chi connectivity index (χ0v) is 19.1. The molecule has 2 bridgehead atoms. The Labute approximate surface area is 198 Å². The third-order valence-electron chi connectivity index (χ3n) is 8.04. The van der Waals surface area contributed by atoms with E-state index in [2.05, 4.69) is 19.1 Å². The van der Waals surface area contributed by atoms with Gasteiger partial charge in [0, 0.05) is 5.69 Å². The molecular weight excluding hydrogens is 436 g/mol. The number of amides is 3. The zero-order chi connectivity index (χ0) is 22.9. The van der Waals surface area contributed by atoms with Crippen LogP contribution in [-0.4, -0.2) is 29.3 Å². The predicted octanol–water partition coefficient (Wildman–Crippen LogP) is 4.56. The number of imide groups is 1. The highest BCUT2D eigenvalue weighted by Crippen LogP contribution is 2.65. The fourth-order valence-corrected chi connectivity index (χ4v) is 6.47. The van der Waals surface area contributed by atoms with E-state index in [-0.39, 0.29) is 48.1 Å². The summed E-state index contributed by atoms with van der Waals surface area (Å²) in [5.74, 6) is 0.219. The van der Waals surface area contributed by atoms with E-state index in [4.69, 9.17) is 11.6 Å². The Morgan fingerprint density at radius 1 is 0.970 bits per heavy atom. The van der Waals surface area contributed by atoms with E-state index in [0.717, 1.165) is 18.4 Å². The number of halogens is 1. The Kier molecular flexibility index (Phi) is 4.73. The van der Waals surface area contributed by atoms with Crippen LogP contribution in [0.4, 0.5) is 5.69 Å². The molecule has 1 heterocycles. The molecule has 3 amide bonds. The van der Waals surface area contributed by atoms with E-state index in [1.807, 2.05) is 24.3 Å². The first-order chi connectivity index (χ1) is 16.0. The molecule has 1 saturated heterocycles. The van der Waals surface area contributed by atoms with Gasteiger partial charge >= 0.3 is 0 Å². The summed E-state index contributed by atoms with van der Waals surface area (Å²) in [6.45, 7) is 1.97. The molecule has 1 aliphatic heterocycles. The summed E-state index contributed by atoms with van der Waals surface area (Å²) in [6.07, 6.45) is 6.32. The molecule has 5 aliphatic rings. The molecule has 168 valence electrons. The molecule has 0 N–H and O–H groups in total. The fourth-order valence-electron chi connectivity index (χ4n) is 6.25. The topological polar surface area (TPSA) is 57.7 Å². The summed E-state index contributed by atoms with van der Waals surface area (Å²) in [4.78, 5) is 43.4. The summed E-state index contributed by atoms with van der Waals surface area (Å²) in [7, 11) is 0. The molecule has 6 atom stereocenters. The highest BCUT2D eigenvalue weighted by Gasteiger charge is 2.67. The number of rotatable bonds is 5. The average Bonchev–Trinajstić information content (AvgIpc) is 3.62. The molecule has 0 unspecified atom stereocenters. The van der Waals surface area contributed by atoms with Crippen molar-refractivity contribution in [1.29, 1.82) is 0 Å². The molecule has 0 spiro atoms. The third-order valence-corrected chi connectivity index (χ3v) is 8.37. The minimum absolute atomic E-state index is 0.102. The summed E-state index contributed by atoms with van der Waals surface area (Å²) in [5.41, 5.74) is 2.12. The van der Waals surface area contributed by atoms with E-state index in [0.29, 0.717) is 28.1 Å². The Bertz CT molecular complexity index is 1150. The number of carbonyl (C=O) groups excluding carboxylic acids is 3. The number of nitrogens with zero attached hydrogens (tertiary/aromatic N) is 2. The minimum atomic E-state index is -0.329. The SMILES string of the molecule is CCc1ccc(N(CN2C(=O)[C@H]3[C@@H]4C=C[C@@H]([C@H]5C[C@H]45)[C@@H]3C2=O)C(=O)c2ccccc2Cl)cc1. The van der Waals surface area contributed by atoms with E-state index in [1.54, 1.807) is 24.3 Å². The molecular formula is C27H25ClN2O3. The van der Waals surface area contributed by atoms with Crippen LogP contribution in [0, 0.1) is 35.5 Å². The lowest BCUT2D eigenvalue weighted by Crippen LogP contribution is -2.45. The van der Waals surface area contributed by atoms with Crippen LogP contribution in [0.15, 0.2) is 60.7 Å². The number of aryl methyl sites for hydroxylation is 1. The van der Waals surface area contributed by atoms with E-state index in [9.17, 15) is 14.4 Å². The van der Waals surface area contributed by atoms with Gasteiger partial charge < -0.3 is 0 Å². The number of carbonyl (C=O) groups is 3. The van der Waals surface area contributed by atoms with Crippen LogP contribution in [0.5, 0.6) is 0 Å². The van der Waals surface area contributed by atoms with Gasteiger partial charge in [-0.3, -0.25) is 24.2 Å². The number of allylic oxidation sites excluding steroid dienone is 2. The Hall–Kier alpha value is -2.92. The van der Waals surface area contributed by atoms with Gasteiger partial charge in [0.15, 0.2) is 0 Å².